The first-order chi connectivity index (χ1) is 10.5. The maximum absolute atomic E-state index is 12.5. The van der Waals surface area contributed by atoms with E-state index >= 15 is 0 Å². The Labute approximate surface area is 128 Å². The number of fused-ring (bicyclic) bond motifs is 1. The topological polar surface area (TPSA) is 73.1 Å². The fourth-order valence-electron chi connectivity index (χ4n) is 2.17. The van der Waals surface area contributed by atoms with E-state index in [4.69, 9.17) is 4.52 Å². The fraction of sp³-hybridized carbons (Fsp3) is 0.250. The summed E-state index contributed by atoms with van der Waals surface area (Å²) in [6, 6.07) is 12.7. The molecule has 3 rings (SSSR count). The summed E-state index contributed by atoms with van der Waals surface area (Å²) in [6.07, 6.45) is 0. The van der Waals surface area contributed by atoms with E-state index in [9.17, 15) is 8.42 Å². The van der Waals surface area contributed by atoms with Gasteiger partial charge in [0.1, 0.15) is 5.75 Å². The lowest BCUT2D eigenvalue weighted by molar-refractivity contribution is 0.380. The highest BCUT2D eigenvalue weighted by atomic mass is 32.2. The van der Waals surface area contributed by atoms with Crippen LogP contribution < -0.4 is 0 Å². The minimum Gasteiger partial charge on any atom is -0.338 e. The number of hydrogen-bond acceptors (Lipinski definition) is 5. The van der Waals surface area contributed by atoms with Crippen LogP contribution in [0, 0.1) is 0 Å². The van der Waals surface area contributed by atoms with E-state index in [1.54, 1.807) is 18.2 Å². The molecule has 0 aliphatic heterocycles. The molecule has 1 aromatic heterocycles. The fourth-order valence-corrected chi connectivity index (χ4v) is 3.36. The second-order valence-electron chi connectivity index (χ2n) is 5.47. The van der Waals surface area contributed by atoms with E-state index in [1.807, 2.05) is 38.1 Å². The van der Waals surface area contributed by atoms with Crippen LogP contribution in [0.3, 0.4) is 0 Å². The summed E-state index contributed by atoms with van der Waals surface area (Å²) in [4.78, 5) is 4.39. The van der Waals surface area contributed by atoms with Gasteiger partial charge in [-0.05, 0) is 22.9 Å². The van der Waals surface area contributed by atoms with Crippen molar-refractivity contribution in [1.82, 2.24) is 10.1 Å². The second-order valence-corrected chi connectivity index (χ2v) is 7.46. The van der Waals surface area contributed by atoms with Gasteiger partial charge in [-0.25, -0.2) is 8.42 Å². The van der Waals surface area contributed by atoms with Crippen LogP contribution in [0.1, 0.15) is 31.5 Å². The van der Waals surface area contributed by atoms with Crippen LogP contribution in [0.25, 0.3) is 10.8 Å². The van der Waals surface area contributed by atoms with Crippen molar-refractivity contribution in [2.24, 2.45) is 0 Å². The van der Waals surface area contributed by atoms with Crippen molar-refractivity contribution in [3.05, 3.63) is 54.2 Å². The van der Waals surface area contributed by atoms with Gasteiger partial charge in [0.25, 0.3) is 0 Å². The second kappa shape index (κ2) is 5.53. The van der Waals surface area contributed by atoms with E-state index in [2.05, 4.69) is 10.1 Å². The number of benzene rings is 2. The lowest BCUT2D eigenvalue weighted by Gasteiger charge is -2.04. The van der Waals surface area contributed by atoms with Crippen LogP contribution in [-0.4, -0.2) is 18.6 Å². The summed E-state index contributed by atoms with van der Waals surface area (Å²) in [5.74, 6) is 0.451. The molecule has 0 unspecified atom stereocenters. The van der Waals surface area contributed by atoms with Crippen molar-refractivity contribution in [3.8, 4) is 0 Å². The molecule has 0 aliphatic rings. The quantitative estimate of drug-likeness (QED) is 0.738. The van der Waals surface area contributed by atoms with Crippen LogP contribution in [-0.2, 0) is 15.6 Å². The molecular formula is C16H16N2O3S. The molecule has 0 aliphatic carbocycles. The number of hydrogen-bond donors (Lipinski definition) is 0. The van der Waals surface area contributed by atoms with Gasteiger partial charge in [-0.15, -0.1) is 0 Å². The molecule has 5 nitrogen and oxygen atoms in total. The van der Waals surface area contributed by atoms with E-state index in [1.165, 1.54) is 0 Å². The molecule has 0 bridgehead atoms. The lowest BCUT2D eigenvalue weighted by Crippen LogP contribution is -2.05. The predicted molar refractivity (Wildman–Crippen MR) is 83.2 cm³/mol. The highest BCUT2D eigenvalue weighted by Crippen LogP contribution is 2.22. The number of aromatic nitrogens is 2. The first-order valence-electron chi connectivity index (χ1n) is 7.00. The molecule has 0 N–H and O–H groups in total. The van der Waals surface area contributed by atoms with Gasteiger partial charge in [-0.3, -0.25) is 0 Å². The van der Waals surface area contributed by atoms with Crippen LogP contribution in [0.15, 0.2) is 51.9 Å². The van der Waals surface area contributed by atoms with Crippen LogP contribution in [0.2, 0.25) is 0 Å². The van der Waals surface area contributed by atoms with E-state index in [0.717, 1.165) is 10.8 Å². The van der Waals surface area contributed by atoms with Crippen molar-refractivity contribution < 1.29 is 12.9 Å². The monoisotopic (exact) mass is 316 g/mol. The molecule has 0 atom stereocenters. The normalized spacial score (nSPS) is 12.1. The Balaban J connectivity index is 1.93. The zero-order valence-electron chi connectivity index (χ0n) is 12.4. The zero-order valence-corrected chi connectivity index (χ0v) is 13.2. The third-order valence-corrected chi connectivity index (χ3v) is 4.99. The first kappa shape index (κ1) is 14.7. The van der Waals surface area contributed by atoms with E-state index < -0.39 is 9.84 Å². The third kappa shape index (κ3) is 2.87. The average molecular weight is 316 g/mol. The van der Waals surface area contributed by atoms with Crippen molar-refractivity contribution >= 4 is 20.6 Å². The maximum atomic E-state index is 12.5. The zero-order chi connectivity index (χ0) is 15.7. The number of nitrogens with zero attached hydrogens (tertiary/aromatic N) is 2. The number of sulfone groups is 1. The Morgan fingerprint density at radius 3 is 2.50 bits per heavy atom. The summed E-state index contributed by atoms with van der Waals surface area (Å²) >= 11 is 0. The summed E-state index contributed by atoms with van der Waals surface area (Å²) in [6.45, 7) is 3.85. The number of rotatable bonds is 4. The summed E-state index contributed by atoms with van der Waals surface area (Å²) in [7, 11) is -3.51. The molecular weight excluding hydrogens is 300 g/mol. The molecule has 6 heteroatoms. The van der Waals surface area contributed by atoms with Crippen LogP contribution in [0.5, 0.6) is 0 Å². The van der Waals surface area contributed by atoms with Gasteiger partial charge >= 0.3 is 0 Å². The Hall–Kier alpha value is -2.21. The minimum absolute atomic E-state index is 0.0980. The Bertz CT molecular complexity index is 914. The van der Waals surface area contributed by atoms with Crippen molar-refractivity contribution in [2.45, 2.75) is 30.4 Å². The molecule has 22 heavy (non-hydrogen) atoms. The van der Waals surface area contributed by atoms with Gasteiger partial charge in [0.05, 0.1) is 4.90 Å². The molecule has 2 aromatic carbocycles. The molecule has 3 aromatic rings. The Morgan fingerprint density at radius 1 is 1.09 bits per heavy atom. The van der Waals surface area contributed by atoms with E-state index in [0.29, 0.717) is 5.82 Å². The van der Waals surface area contributed by atoms with Crippen LogP contribution in [0.4, 0.5) is 0 Å². The van der Waals surface area contributed by atoms with Crippen molar-refractivity contribution in [2.75, 3.05) is 0 Å². The minimum atomic E-state index is -3.51. The standard InChI is InChI=1S/C16H16N2O3S/c1-11(2)16-17-15(21-18-16)10-22(19,20)14-8-7-12-5-3-4-6-13(12)9-14/h3-9,11H,10H2,1-2H3. The van der Waals surface area contributed by atoms with Gasteiger partial charge in [-0.1, -0.05) is 49.3 Å². The first-order valence-corrected chi connectivity index (χ1v) is 8.65. The average Bonchev–Trinajstić information content (AvgIpc) is 2.95. The third-order valence-electron chi connectivity index (χ3n) is 3.39. The molecule has 114 valence electrons. The molecule has 0 amide bonds. The molecule has 0 radical (unpaired) electrons. The van der Waals surface area contributed by atoms with Gasteiger partial charge < -0.3 is 4.52 Å². The molecule has 0 fully saturated rings. The summed E-state index contributed by atoms with van der Waals surface area (Å²) in [5.41, 5.74) is 0. The smallest absolute Gasteiger partial charge is 0.242 e. The van der Waals surface area contributed by atoms with Crippen LogP contribution >= 0.6 is 0 Å². The molecule has 1 heterocycles. The summed E-state index contributed by atoms with van der Waals surface area (Å²) in [5, 5.41) is 5.68. The maximum Gasteiger partial charge on any atom is 0.242 e. The van der Waals surface area contributed by atoms with Gasteiger partial charge in [0.15, 0.2) is 15.7 Å². The highest BCUT2D eigenvalue weighted by molar-refractivity contribution is 7.90. The predicted octanol–water partition coefficient (Wildman–Crippen LogP) is 3.32. The van der Waals surface area contributed by atoms with Gasteiger partial charge in [0.2, 0.25) is 5.89 Å². The van der Waals surface area contributed by atoms with Gasteiger partial charge in [0, 0.05) is 5.92 Å². The van der Waals surface area contributed by atoms with Gasteiger partial charge in [-0.2, -0.15) is 4.98 Å². The largest absolute Gasteiger partial charge is 0.338 e. The molecule has 0 saturated heterocycles. The Morgan fingerprint density at radius 2 is 1.82 bits per heavy atom. The molecule has 0 saturated carbocycles. The Kier molecular flexibility index (Phi) is 3.70. The lowest BCUT2D eigenvalue weighted by atomic mass is 10.1. The summed E-state index contributed by atoms with van der Waals surface area (Å²) < 4.78 is 30.0. The van der Waals surface area contributed by atoms with Crippen molar-refractivity contribution in [3.63, 3.8) is 0 Å². The van der Waals surface area contributed by atoms with Crippen molar-refractivity contribution in [1.29, 1.82) is 0 Å². The highest BCUT2D eigenvalue weighted by Gasteiger charge is 2.20. The van der Waals surface area contributed by atoms with E-state index in [-0.39, 0.29) is 22.5 Å². The SMILES string of the molecule is CC(C)c1noc(CS(=O)(=O)c2ccc3ccccc3c2)n1. The molecule has 0 spiro atoms.